The second-order valence-electron chi connectivity index (χ2n) is 8.36. The summed E-state index contributed by atoms with van der Waals surface area (Å²) in [7, 11) is 1.16. The Morgan fingerprint density at radius 1 is 1.29 bits per heavy atom. The fourth-order valence-corrected chi connectivity index (χ4v) is 4.60. The van der Waals surface area contributed by atoms with Crippen molar-refractivity contribution in [1.82, 2.24) is 14.8 Å². The van der Waals surface area contributed by atoms with Crippen molar-refractivity contribution in [2.75, 3.05) is 20.3 Å². The molecular weight excluding hydrogens is 462 g/mol. The number of pyridine rings is 1. The summed E-state index contributed by atoms with van der Waals surface area (Å²) < 4.78 is 63.0. The predicted molar refractivity (Wildman–Crippen MR) is 110 cm³/mol. The van der Waals surface area contributed by atoms with Crippen molar-refractivity contribution in [3.8, 4) is 5.75 Å². The molecule has 2 N–H and O–H groups in total. The average molecular weight is 483 g/mol. The monoisotopic (exact) mass is 483 g/mol. The van der Waals surface area contributed by atoms with E-state index >= 15 is 0 Å². The highest BCUT2D eigenvalue weighted by Gasteiger charge is 2.58. The number of aryl methyl sites for hydroxylation is 1. The van der Waals surface area contributed by atoms with Gasteiger partial charge in [0.1, 0.15) is 22.7 Å². The lowest BCUT2D eigenvalue weighted by Gasteiger charge is -2.53. The number of hydrogen-bond acceptors (Lipinski definition) is 5. The summed E-state index contributed by atoms with van der Waals surface area (Å²) in [6, 6.07) is 0.933. The maximum Gasteiger partial charge on any atom is 0.274 e. The third-order valence-electron chi connectivity index (χ3n) is 6.51. The first-order valence-electron chi connectivity index (χ1n) is 10.4. The Balaban J connectivity index is 1.76. The number of nitrogens with one attached hydrogen (secondary N) is 1. The molecule has 1 aromatic heterocycles. The SMILES string of the molecule is Cc1cc(F)c(CNC(=O)c2cn3c(c(O)c2=O)C(=O)N(C)[C@]2(C(F)F)CCOC[C@H]32)c(F)c1. The highest BCUT2D eigenvalue weighted by atomic mass is 19.3. The maximum atomic E-state index is 14.3. The minimum Gasteiger partial charge on any atom is -0.503 e. The number of amides is 2. The van der Waals surface area contributed by atoms with Crippen molar-refractivity contribution < 1.29 is 37.0 Å². The van der Waals surface area contributed by atoms with E-state index in [0.717, 1.165) is 34.8 Å². The van der Waals surface area contributed by atoms with Crippen LogP contribution in [-0.2, 0) is 11.3 Å². The van der Waals surface area contributed by atoms with Crippen LogP contribution in [0, 0.1) is 18.6 Å². The number of halogens is 4. The molecule has 8 nitrogen and oxygen atoms in total. The van der Waals surface area contributed by atoms with Crippen LogP contribution in [0.15, 0.2) is 23.1 Å². The summed E-state index contributed by atoms with van der Waals surface area (Å²) in [4.78, 5) is 39.1. The Kier molecular flexibility index (Phi) is 5.88. The average Bonchev–Trinajstić information content (AvgIpc) is 2.78. The van der Waals surface area contributed by atoms with E-state index in [0.29, 0.717) is 5.56 Å². The molecule has 0 saturated carbocycles. The van der Waals surface area contributed by atoms with Gasteiger partial charge in [0.25, 0.3) is 18.2 Å². The lowest BCUT2D eigenvalue weighted by Crippen LogP contribution is -2.66. The van der Waals surface area contributed by atoms with Crippen LogP contribution >= 0.6 is 0 Å². The number of aromatic hydroxyl groups is 1. The van der Waals surface area contributed by atoms with E-state index in [9.17, 15) is 37.1 Å². The molecule has 1 saturated heterocycles. The Bertz CT molecular complexity index is 1220. The lowest BCUT2D eigenvalue weighted by molar-refractivity contribution is -0.129. The van der Waals surface area contributed by atoms with Gasteiger partial charge in [-0.05, 0) is 24.6 Å². The second kappa shape index (κ2) is 8.42. The zero-order chi connectivity index (χ0) is 24.9. The second-order valence-corrected chi connectivity index (χ2v) is 8.36. The number of likely N-dealkylation sites (N-methyl/N-ethyl adjacent to an activating group) is 1. The molecule has 3 heterocycles. The molecule has 0 aliphatic carbocycles. The van der Waals surface area contributed by atoms with Gasteiger partial charge in [-0.1, -0.05) is 0 Å². The summed E-state index contributed by atoms with van der Waals surface area (Å²) in [5, 5.41) is 12.7. The molecular formula is C22H21F4N3O5. The molecule has 2 atom stereocenters. The first kappa shape index (κ1) is 23.7. The van der Waals surface area contributed by atoms with E-state index in [1.807, 2.05) is 0 Å². The van der Waals surface area contributed by atoms with E-state index in [2.05, 4.69) is 5.32 Å². The van der Waals surface area contributed by atoms with Crippen LogP contribution in [0.3, 0.4) is 0 Å². The third-order valence-corrected chi connectivity index (χ3v) is 6.51. The van der Waals surface area contributed by atoms with Gasteiger partial charge in [-0.25, -0.2) is 17.6 Å². The zero-order valence-corrected chi connectivity index (χ0v) is 18.2. The molecule has 34 heavy (non-hydrogen) atoms. The first-order chi connectivity index (χ1) is 16.0. The van der Waals surface area contributed by atoms with Gasteiger partial charge in [0.2, 0.25) is 5.43 Å². The highest BCUT2D eigenvalue weighted by molar-refractivity contribution is 5.99. The van der Waals surface area contributed by atoms with E-state index in [1.165, 1.54) is 6.92 Å². The standard InChI is InChI=1S/C22H21F4N3O5/c1-10-5-13(23)11(14(24)6-10)7-27-19(32)12-8-29-15-9-34-4-3-22(15,21(25)26)28(2)20(33)16(29)18(31)17(12)30/h5-6,8,15,21,31H,3-4,7,9H2,1-2H3,(H,27,32)/t15-,22+/m0/s1. The number of fused-ring (bicyclic) bond motifs is 3. The van der Waals surface area contributed by atoms with Crippen LogP contribution < -0.4 is 10.7 Å². The number of benzene rings is 1. The quantitative estimate of drug-likeness (QED) is 0.649. The molecule has 1 fully saturated rings. The van der Waals surface area contributed by atoms with Crippen LogP contribution in [0.5, 0.6) is 5.75 Å². The van der Waals surface area contributed by atoms with E-state index in [1.54, 1.807) is 0 Å². The van der Waals surface area contributed by atoms with Crippen molar-refractivity contribution in [3.63, 3.8) is 0 Å². The van der Waals surface area contributed by atoms with Crippen molar-refractivity contribution >= 4 is 11.8 Å². The first-order valence-corrected chi connectivity index (χ1v) is 10.4. The fourth-order valence-electron chi connectivity index (χ4n) is 4.60. The molecule has 0 radical (unpaired) electrons. The van der Waals surface area contributed by atoms with Crippen molar-refractivity contribution in [1.29, 1.82) is 0 Å². The number of aromatic nitrogens is 1. The Hall–Kier alpha value is -3.41. The van der Waals surface area contributed by atoms with Gasteiger partial charge in [-0.15, -0.1) is 0 Å². The van der Waals surface area contributed by atoms with Crippen LogP contribution in [0.2, 0.25) is 0 Å². The number of nitrogens with zero attached hydrogens (tertiary/aromatic N) is 2. The van der Waals surface area contributed by atoms with Crippen LogP contribution in [0.4, 0.5) is 17.6 Å². The fraction of sp³-hybridized carbons (Fsp3) is 0.409. The Labute approximate surface area is 190 Å². The summed E-state index contributed by atoms with van der Waals surface area (Å²) in [6.45, 7) is 0.561. The molecule has 1 aromatic carbocycles. The number of ether oxygens (including phenoxy) is 1. The van der Waals surface area contributed by atoms with Crippen LogP contribution in [-0.4, -0.2) is 58.6 Å². The third kappa shape index (κ3) is 3.44. The predicted octanol–water partition coefficient (Wildman–Crippen LogP) is 2.12. The minimum absolute atomic E-state index is 0.0407. The van der Waals surface area contributed by atoms with Crippen molar-refractivity contribution in [3.05, 3.63) is 62.6 Å². The molecule has 12 heteroatoms. The molecule has 4 rings (SSSR count). The number of alkyl halides is 2. The number of carbonyl (C=O) groups is 2. The molecule has 2 aliphatic heterocycles. The molecule has 0 unspecified atom stereocenters. The number of carbonyl (C=O) groups excluding carboxylic acids is 2. The summed E-state index contributed by atoms with van der Waals surface area (Å²) in [5.41, 5.74) is -4.56. The summed E-state index contributed by atoms with van der Waals surface area (Å²) in [6.07, 6.45) is -2.30. The molecule has 2 aliphatic rings. The van der Waals surface area contributed by atoms with Crippen LogP contribution in [0.1, 0.15) is 44.4 Å². The van der Waals surface area contributed by atoms with Gasteiger partial charge < -0.3 is 24.6 Å². The lowest BCUT2D eigenvalue weighted by atomic mass is 9.81. The largest absolute Gasteiger partial charge is 0.503 e. The van der Waals surface area contributed by atoms with Gasteiger partial charge in [-0.2, -0.15) is 0 Å². The molecule has 0 bridgehead atoms. The number of rotatable bonds is 4. The molecule has 2 amide bonds. The van der Waals surface area contributed by atoms with Gasteiger partial charge in [-0.3, -0.25) is 14.4 Å². The van der Waals surface area contributed by atoms with E-state index in [-0.39, 0.29) is 19.6 Å². The van der Waals surface area contributed by atoms with Gasteiger partial charge >= 0.3 is 0 Å². The summed E-state index contributed by atoms with van der Waals surface area (Å²) in [5.74, 6) is -5.02. The normalized spacial score (nSPS) is 21.9. The van der Waals surface area contributed by atoms with E-state index in [4.69, 9.17) is 4.74 Å². The summed E-state index contributed by atoms with van der Waals surface area (Å²) >= 11 is 0. The van der Waals surface area contributed by atoms with Gasteiger partial charge in [0.05, 0.1) is 12.6 Å². The molecule has 0 spiro atoms. The molecule has 182 valence electrons. The Morgan fingerprint density at radius 2 is 1.94 bits per heavy atom. The smallest absolute Gasteiger partial charge is 0.274 e. The Morgan fingerprint density at radius 3 is 2.56 bits per heavy atom. The molecule has 2 aromatic rings. The van der Waals surface area contributed by atoms with Crippen molar-refractivity contribution in [2.24, 2.45) is 0 Å². The highest BCUT2D eigenvalue weighted by Crippen LogP contribution is 2.45. The minimum atomic E-state index is -2.99. The maximum absolute atomic E-state index is 14.3. The van der Waals surface area contributed by atoms with Crippen LogP contribution in [0.25, 0.3) is 0 Å². The number of hydrogen-bond donors (Lipinski definition) is 2. The zero-order valence-electron chi connectivity index (χ0n) is 18.2. The topological polar surface area (TPSA) is 101 Å². The van der Waals surface area contributed by atoms with E-state index < -0.39 is 76.0 Å². The van der Waals surface area contributed by atoms with Gasteiger partial charge in [0, 0.05) is 38.4 Å². The van der Waals surface area contributed by atoms with Gasteiger partial charge in [0.15, 0.2) is 11.4 Å². The van der Waals surface area contributed by atoms with Crippen molar-refractivity contribution in [2.45, 2.75) is 37.9 Å².